The monoisotopic (exact) mass is 231 g/mol. The zero-order valence-corrected chi connectivity index (χ0v) is 9.07. The standard InChI is InChI=1S/C10H11Cl2NO/c11-7-2-1-3-8(12)9(7)10(14)4-5-13-6-10/h1-3,13-14H,4-6H2. The number of benzene rings is 1. The second kappa shape index (κ2) is 3.70. The van der Waals surface area contributed by atoms with Crippen LogP contribution in [0.3, 0.4) is 0 Å². The summed E-state index contributed by atoms with van der Waals surface area (Å²) in [6.07, 6.45) is 0.649. The van der Waals surface area contributed by atoms with Crippen molar-refractivity contribution in [2.75, 3.05) is 13.1 Å². The normalized spacial score (nSPS) is 26.8. The summed E-state index contributed by atoms with van der Waals surface area (Å²) in [7, 11) is 0. The van der Waals surface area contributed by atoms with E-state index in [2.05, 4.69) is 5.32 Å². The van der Waals surface area contributed by atoms with Gasteiger partial charge in [-0.2, -0.15) is 0 Å². The molecular weight excluding hydrogens is 221 g/mol. The van der Waals surface area contributed by atoms with Gasteiger partial charge in [0.25, 0.3) is 0 Å². The van der Waals surface area contributed by atoms with Crippen LogP contribution in [0.5, 0.6) is 0 Å². The van der Waals surface area contributed by atoms with Crippen LogP contribution < -0.4 is 5.32 Å². The number of rotatable bonds is 1. The third kappa shape index (κ3) is 1.63. The van der Waals surface area contributed by atoms with Crippen LogP contribution in [0.15, 0.2) is 18.2 Å². The molecule has 4 heteroatoms. The van der Waals surface area contributed by atoms with Crippen LogP contribution in [0.4, 0.5) is 0 Å². The summed E-state index contributed by atoms with van der Waals surface area (Å²) in [5.74, 6) is 0. The molecule has 1 aromatic carbocycles. The Balaban J connectivity index is 2.49. The summed E-state index contributed by atoms with van der Waals surface area (Å²) >= 11 is 12.1. The van der Waals surface area contributed by atoms with Gasteiger partial charge in [-0.1, -0.05) is 29.3 Å². The van der Waals surface area contributed by atoms with Crippen molar-refractivity contribution in [2.24, 2.45) is 0 Å². The predicted molar refractivity (Wildman–Crippen MR) is 57.8 cm³/mol. The van der Waals surface area contributed by atoms with E-state index in [1.165, 1.54) is 0 Å². The SMILES string of the molecule is OC1(c2c(Cl)cccc2Cl)CCNC1. The minimum absolute atomic E-state index is 0.510. The highest BCUT2D eigenvalue weighted by atomic mass is 35.5. The highest BCUT2D eigenvalue weighted by Crippen LogP contribution is 2.37. The molecule has 1 unspecified atom stereocenters. The number of hydrogen-bond acceptors (Lipinski definition) is 2. The van der Waals surface area contributed by atoms with Gasteiger partial charge < -0.3 is 10.4 Å². The van der Waals surface area contributed by atoms with Crippen molar-refractivity contribution in [2.45, 2.75) is 12.0 Å². The van der Waals surface area contributed by atoms with E-state index in [-0.39, 0.29) is 0 Å². The maximum atomic E-state index is 10.3. The third-order valence-corrected chi connectivity index (χ3v) is 3.19. The fourth-order valence-corrected chi connectivity index (χ4v) is 2.58. The molecule has 1 fully saturated rings. The highest BCUT2D eigenvalue weighted by molar-refractivity contribution is 6.36. The lowest BCUT2D eigenvalue weighted by molar-refractivity contribution is 0.0590. The fraction of sp³-hybridized carbons (Fsp3) is 0.400. The van der Waals surface area contributed by atoms with Crippen LogP contribution in [-0.2, 0) is 5.60 Å². The second-order valence-electron chi connectivity index (χ2n) is 3.56. The van der Waals surface area contributed by atoms with Gasteiger partial charge >= 0.3 is 0 Å². The topological polar surface area (TPSA) is 32.3 Å². The Labute approximate surface area is 92.8 Å². The Bertz CT molecular complexity index is 328. The molecule has 0 bridgehead atoms. The molecule has 1 heterocycles. The van der Waals surface area contributed by atoms with Gasteiger partial charge in [-0.05, 0) is 25.1 Å². The van der Waals surface area contributed by atoms with Gasteiger partial charge in [0.05, 0.1) is 0 Å². The molecule has 1 aliphatic rings. The molecule has 0 amide bonds. The molecule has 2 N–H and O–H groups in total. The lowest BCUT2D eigenvalue weighted by Gasteiger charge is -2.24. The molecule has 76 valence electrons. The summed E-state index contributed by atoms with van der Waals surface area (Å²) < 4.78 is 0. The third-order valence-electron chi connectivity index (χ3n) is 2.56. The summed E-state index contributed by atoms with van der Waals surface area (Å²) in [6.45, 7) is 1.30. The van der Waals surface area contributed by atoms with Gasteiger partial charge in [-0.25, -0.2) is 0 Å². The molecule has 14 heavy (non-hydrogen) atoms. The zero-order valence-electron chi connectivity index (χ0n) is 7.56. The molecule has 1 aromatic rings. The van der Waals surface area contributed by atoms with Crippen molar-refractivity contribution in [3.8, 4) is 0 Å². The fourth-order valence-electron chi connectivity index (χ4n) is 1.83. The Kier molecular flexibility index (Phi) is 2.71. The Morgan fingerprint density at radius 3 is 2.43 bits per heavy atom. The molecule has 0 aliphatic carbocycles. The van der Waals surface area contributed by atoms with Crippen molar-refractivity contribution in [3.63, 3.8) is 0 Å². The number of hydrogen-bond donors (Lipinski definition) is 2. The van der Waals surface area contributed by atoms with E-state index in [4.69, 9.17) is 23.2 Å². The van der Waals surface area contributed by atoms with Gasteiger partial charge in [-0.15, -0.1) is 0 Å². The molecular formula is C10H11Cl2NO. The Morgan fingerprint density at radius 1 is 1.29 bits per heavy atom. The molecule has 0 saturated carbocycles. The van der Waals surface area contributed by atoms with Crippen molar-refractivity contribution in [1.29, 1.82) is 0 Å². The molecule has 0 spiro atoms. The smallest absolute Gasteiger partial charge is 0.106 e. The van der Waals surface area contributed by atoms with Crippen LogP contribution in [0.1, 0.15) is 12.0 Å². The maximum Gasteiger partial charge on any atom is 0.106 e. The van der Waals surface area contributed by atoms with Crippen molar-refractivity contribution < 1.29 is 5.11 Å². The molecule has 1 atom stereocenters. The van der Waals surface area contributed by atoms with Crippen molar-refractivity contribution in [3.05, 3.63) is 33.8 Å². The predicted octanol–water partition coefficient (Wildman–Crippen LogP) is 2.17. The number of halogens is 2. The van der Waals surface area contributed by atoms with Gasteiger partial charge in [0.2, 0.25) is 0 Å². The zero-order chi connectivity index (χ0) is 10.2. The molecule has 0 radical (unpaired) electrons. The van der Waals surface area contributed by atoms with Crippen molar-refractivity contribution in [1.82, 2.24) is 5.32 Å². The minimum Gasteiger partial charge on any atom is -0.384 e. The first-order valence-corrected chi connectivity index (χ1v) is 5.27. The average molecular weight is 232 g/mol. The summed E-state index contributed by atoms with van der Waals surface area (Å²) in [4.78, 5) is 0. The summed E-state index contributed by atoms with van der Waals surface area (Å²) in [6, 6.07) is 5.28. The van der Waals surface area contributed by atoms with Crippen LogP contribution in [-0.4, -0.2) is 18.2 Å². The first-order chi connectivity index (χ1) is 6.63. The minimum atomic E-state index is -0.907. The summed E-state index contributed by atoms with van der Waals surface area (Å²) in [5, 5.41) is 14.5. The first-order valence-electron chi connectivity index (χ1n) is 4.51. The van der Waals surface area contributed by atoms with Crippen LogP contribution >= 0.6 is 23.2 Å². The van der Waals surface area contributed by atoms with Crippen LogP contribution in [0.2, 0.25) is 10.0 Å². The van der Waals surface area contributed by atoms with Crippen molar-refractivity contribution >= 4 is 23.2 Å². The van der Waals surface area contributed by atoms with E-state index in [1.54, 1.807) is 18.2 Å². The first kappa shape index (κ1) is 10.2. The number of nitrogens with one attached hydrogen (secondary N) is 1. The second-order valence-corrected chi connectivity index (χ2v) is 4.37. The van der Waals surface area contributed by atoms with Gasteiger partial charge in [0.1, 0.15) is 5.60 Å². The van der Waals surface area contributed by atoms with Crippen LogP contribution in [0, 0.1) is 0 Å². The molecule has 1 saturated heterocycles. The van der Waals surface area contributed by atoms with Gasteiger partial charge in [0, 0.05) is 22.2 Å². The van der Waals surface area contributed by atoms with E-state index in [9.17, 15) is 5.11 Å². The van der Waals surface area contributed by atoms with E-state index >= 15 is 0 Å². The van der Waals surface area contributed by atoms with Gasteiger partial charge in [-0.3, -0.25) is 0 Å². The van der Waals surface area contributed by atoms with E-state index in [0.29, 0.717) is 28.6 Å². The lowest BCUT2D eigenvalue weighted by Crippen LogP contribution is -2.29. The van der Waals surface area contributed by atoms with E-state index < -0.39 is 5.60 Å². The molecule has 1 aliphatic heterocycles. The molecule has 2 nitrogen and oxygen atoms in total. The highest BCUT2D eigenvalue weighted by Gasteiger charge is 2.36. The largest absolute Gasteiger partial charge is 0.384 e. The number of aliphatic hydroxyl groups is 1. The average Bonchev–Trinajstić information content (AvgIpc) is 2.52. The molecule has 2 rings (SSSR count). The van der Waals surface area contributed by atoms with Crippen LogP contribution in [0.25, 0.3) is 0 Å². The summed E-state index contributed by atoms with van der Waals surface area (Å²) in [5.41, 5.74) is -0.261. The van der Waals surface area contributed by atoms with E-state index in [0.717, 1.165) is 6.54 Å². The maximum absolute atomic E-state index is 10.3. The Hall–Kier alpha value is -0.280. The quantitative estimate of drug-likeness (QED) is 0.777. The van der Waals surface area contributed by atoms with E-state index in [1.807, 2.05) is 0 Å². The number of β-amino-alcohol motifs (C(OH)–C–C–N with tert-alkyl or cyclic N) is 1. The lowest BCUT2D eigenvalue weighted by atomic mass is 9.93. The Morgan fingerprint density at radius 2 is 1.93 bits per heavy atom. The molecule has 0 aromatic heterocycles. The van der Waals surface area contributed by atoms with Gasteiger partial charge in [0.15, 0.2) is 0 Å².